The minimum absolute atomic E-state index is 0.0104. The molecule has 26 heavy (non-hydrogen) atoms. The summed E-state index contributed by atoms with van der Waals surface area (Å²) in [5.41, 5.74) is 2.31. The van der Waals surface area contributed by atoms with Crippen LogP contribution >= 0.6 is 0 Å². The second-order valence-electron chi connectivity index (χ2n) is 5.97. The summed E-state index contributed by atoms with van der Waals surface area (Å²) in [4.78, 5) is 27.9. The third-order valence-corrected chi connectivity index (χ3v) is 4.19. The van der Waals surface area contributed by atoms with Gasteiger partial charge in [0.25, 0.3) is 0 Å². The first-order chi connectivity index (χ1) is 12.5. The van der Waals surface area contributed by atoms with Gasteiger partial charge in [-0.05, 0) is 36.8 Å². The normalized spacial score (nSPS) is 10.0. The number of hydrogen-bond donors (Lipinski definition) is 0. The van der Waals surface area contributed by atoms with Crippen LogP contribution in [0.4, 0.5) is 5.69 Å². The molecule has 2 rings (SSSR count). The average molecular weight is 349 g/mol. The molecule has 0 bridgehead atoms. The Morgan fingerprint density at radius 1 is 1.04 bits per heavy atom. The first-order valence-corrected chi connectivity index (χ1v) is 8.65. The third-order valence-electron chi connectivity index (χ3n) is 4.19. The van der Waals surface area contributed by atoms with Crippen molar-refractivity contribution < 1.29 is 9.59 Å². The van der Waals surface area contributed by atoms with E-state index in [1.165, 1.54) is 6.92 Å². The van der Waals surface area contributed by atoms with Crippen LogP contribution in [0.1, 0.15) is 31.4 Å². The lowest BCUT2D eigenvalue weighted by Crippen LogP contribution is -2.36. The van der Waals surface area contributed by atoms with Gasteiger partial charge < -0.3 is 9.80 Å². The van der Waals surface area contributed by atoms with Crippen LogP contribution in [0.5, 0.6) is 0 Å². The molecular weight excluding hydrogens is 326 g/mol. The van der Waals surface area contributed by atoms with Crippen molar-refractivity contribution in [3.8, 4) is 6.07 Å². The number of anilines is 1. The number of carbonyl (C=O) groups excluding carboxylic acids is 2. The molecule has 134 valence electrons. The highest BCUT2D eigenvalue weighted by Gasteiger charge is 2.17. The molecule has 2 aromatic carbocycles. The summed E-state index contributed by atoms with van der Waals surface area (Å²) in [6.07, 6.45) is 0.250. The quantitative estimate of drug-likeness (QED) is 0.770. The maximum absolute atomic E-state index is 12.6. The van der Waals surface area contributed by atoms with Crippen molar-refractivity contribution in [2.45, 2.75) is 26.8 Å². The van der Waals surface area contributed by atoms with Crippen molar-refractivity contribution >= 4 is 17.5 Å². The van der Waals surface area contributed by atoms with Gasteiger partial charge in [0.05, 0.1) is 11.6 Å². The zero-order valence-corrected chi connectivity index (χ0v) is 15.2. The van der Waals surface area contributed by atoms with Gasteiger partial charge in [-0.3, -0.25) is 9.59 Å². The number of amides is 2. The number of carbonyl (C=O) groups is 2. The van der Waals surface area contributed by atoms with Crippen LogP contribution in [-0.2, 0) is 16.1 Å². The number of hydrogen-bond acceptors (Lipinski definition) is 3. The number of benzene rings is 2. The van der Waals surface area contributed by atoms with Crippen LogP contribution in [-0.4, -0.2) is 29.8 Å². The van der Waals surface area contributed by atoms with Gasteiger partial charge in [0.1, 0.15) is 0 Å². The fourth-order valence-electron chi connectivity index (χ4n) is 2.73. The Balaban J connectivity index is 2.01. The average Bonchev–Trinajstić information content (AvgIpc) is 2.67. The van der Waals surface area contributed by atoms with Crippen molar-refractivity contribution in [2.75, 3.05) is 18.0 Å². The molecule has 0 aromatic heterocycles. The maximum atomic E-state index is 12.6. The first-order valence-electron chi connectivity index (χ1n) is 8.65. The number of nitriles is 1. The molecule has 0 radical (unpaired) electrons. The summed E-state index contributed by atoms with van der Waals surface area (Å²) in [5.74, 6) is -0.120. The van der Waals surface area contributed by atoms with E-state index in [0.29, 0.717) is 30.9 Å². The van der Waals surface area contributed by atoms with Gasteiger partial charge >= 0.3 is 0 Å². The van der Waals surface area contributed by atoms with Gasteiger partial charge in [0.2, 0.25) is 11.8 Å². The standard InChI is InChI=1S/C21H23N3O2/c1-3-23(16-19-7-5-4-6-8-19)21(26)13-14-24(17(2)25)20-11-9-18(15-22)10-12-20/h4-12H,3,13-14,16H2,1-2H3. The topological polar surface area (TPSA) is 64.4 Å². The maximum Gasteiger partial charge on any atom is 0.224 e. The molecule has 5 nitrogen and oxygen atoms in total. The van der Waals surface area contributed by atoms with Gasteiger partial charge in [0, 0.05) is 38.7 Å². The van der Waals surface area contributed by atoms with Crippen LogP contribution in [0, 0.1) is 11.3 Å². The molecule has 0 heterocycles. The SMILES string of the molecule is CCN(Cc1ccccc1)C(=O)CCN(C(C)=O)c1ccc(C#N)cc1. The largest absolute Gasteiger partial charge is 0.339 e. The summed E-state index contributed by atoms with van der Waals surface area (Å²) in [5, 5.41) is 8.88. The smallest absolute Gasteiger partial charge is 0.224 e. The summed E-state index contributed by atoms with van der Waals surface area (Å²) < 4.78 is 0. The van der Waals surface area contributed by atoms with Gasteiger partial charge in [-0.2, -0.15) is 5.26 Å². The van der Waals surface area contributed by atoms with Crippen molar-refractivity contribution in [1.82, 2.24) is 4.90 Å². The summed E-state index contributed by atoms with van der Waals surface area (Å²) in [6, 6.07) is 18.7. The molecule has 2 aromatic rings. The van der Waals surface area contributed by atoms with Crippen LogP contribution in [0.25, 0.3) is 0 Å². The molecule has 2 amide bonds. The van der Waals surface area contributed by atoms with E-state index in [9.17, 15) is 9.59 Å². The fraction of sp³-hybridized carbons (Fsp3) is 0.286. The van der Waals surface area contributed by atoms with E-state index >= 15 is 0 Å². The lowest BCUT2D eigenvalue weighted by Gasteiger charge is -2.25. The zero-order chi connectivity index (χ0) is 18.9. The Kier molecular flexibility index (Phi) is 6.92. The minimum Gasteiger partial charge on any atom is -0.339 e. The predicted octanol–water partition coefficient (Wildman–Crippen LogP) is 3.35. The van der Waals surface area contributed by atoms with Crippen molar-refractivity contribution in [1.29, 1.82) is 5.26 Å². The molecular formula is C21H23N3O2. The molecule has 0 aliphatic heterocycles. The van der Waals surface area contributed by atoms with Gasteiger partial charge in [-0.15, -0.1) is 0 Å². The molecule has 0 spiro atoms. The van der Waals surface area contributed by atoms with Gasteiger partial charge in [0.15, 0.2) is 0 Å². The molecule has 0 aliphatic carbocycles. The Hall–Kier alpha value is -3.13. The molecule has 0 N–H and O–H groups in total. The lowest BCUT2D eigenvalue weighted by atomic mass is 10.2. The van der Waals surface area contributed by atoms with Gasteiger partial charge in [-0.25, -0.2) is 0 Å². The van der Waals surface area contributed by atoms with E-state index in [0.717, 1.165) is 5.56 Å². The Bertz CT molecular complexity index is 779. The van der Waals surface area contributed by atoms with E-state index in [-0.39, 0.29) is 18.2 Å². The first kappa shape index (κ1) is 19.2. The minimum atomic E-state index is -0.131. The highest BCUT2D eigenvalue weighted by Crippen LogP contribution is 2.16. The Labute approximate surface area is 154 Å². The van der Waals surface area contributed by atoms with Crippen LogP contribution in [0.2, 0.25) is 0 Å². The van der Waals surface area contributed by atoms with E-state index in [2.05, 4.69) is 6.07 Å². The van der Waals surface area contributed by atoms with Crippen LogP contribution < -0.4 is 4.90 Å². The van der Waals surface area contributed by atoms with Crippen molar-refractivity contribution in [3.05, 3.63) is 65.7 Å². The summed E-state index contributed by atoms with van der Waals surface area (Å²) in [6.45, 7) is 4.91. The lowest BCUT2D eigenvalue weighted by molar-refractivity contribution is -0.131. The number of rotatable bonds is 7. The second kappa shape index (κ2) is 9.38. The summed E-state index contributed by atoms with van der Waals surface area (Å²) in [7, 11) is 0. The molecule has 0 fully saturated rings. The van der Waals surface area contributed by atoms with E-state index in [1.807, 2.05) is 37.3 Å². The van der Waals surface area contributed by atoms with E-state index < -0.39 is 0 Å². The monoisotopic (exact) mass is 349 g/mol. The molecule has 0 aliphatic rings. The van der Waals surface area contributed by atoms with Crippen molar-refractivity contribution in [3.63, 3.8) is 0 Å². The van der Waals surface area contributed by atoms with E-state index in [1.54, 1.807) is 34.1 Å². The Morgan fingerprint density at radius 2 is 1.69 bits per heavy atom. The second-order valence-corrected chi connectivity index (χ2v) is 5.97. The van der Waals surface area contributed by atoms with E-state index in [4.69, 9.17) is 5.26 Å². The third kappa shape index (κ3) is 5.18. The highest BCUT2D eigenvalue weighted by molar-refractivity contribution is 5.92. The fourth-order valence-corrected chi connectivity index (χ4v) is 2.73. The summed E-state index contributed by atoms with van der Waals surface area (Å²) >= 11 is 0. The molecule has 0 saturated carbocycles. The molecule has 5 heteroatoms. The Morgan fingerprint density at radius 3 is 2.23 bits per heavy atom. The highest BCUT2D eigenvalue weighted by atomic mass is 16.2. The number of nitrogens with zero attached hydrogens (tertiary/aromatic N) is 3. The predicted molar refractivity (Wildman–Crippen MR) is 101 cm³/mol. The molecule has 0 saturated heterocycles. The van der Waals surface area contributed by atoms with Crippen molar-refractivity contribution in [2.24, 2.45) is 0 Å². The van der Waals surface area contributed by atoms with Crippen LogP contribution in [0.3, 0.4) is 0 Å². The zero-order valence-electron chi connectivity index (χ0n) is 15.2. The van der Waals surface area contributed by atoms with Gasteiger partial charge in [-0.1, -0.05) is 30.3 Å². The molecule has 0 atom stereocenters. The molecule has 0 unspecified atom stereocenters. The van der Waals surface area contributed by atoms with Crippen LogP contribution in [0.15, 0.2) is 54.6 Å².